The largest absolute Gasteiger partial charge is 0.377 e. The van der Waals surface area contributed by atoms with Crippen LogP contribution in [0.3, 0.4) is 0 Å². The first-order chi connectivity index (χ1) is 7.27. The van der Waals surface area contributed by atoms with Crippen molar-refractivity contribution in [2.24, 2.45) is 0 Å². The van der Waals surface area contributed by atoms with Crippen LogP contribution in [0.25, 0.3) is 0 Å². The number of hydrogen-bond donors (Lipinski definition) is 1. The molecule has 0 saturated carbocycles. The van der Waals surface area contributed by atoms with Crippen LogP contribution < -0.4 is 5.32 Å². The molecule has 0 fully saturated rings. The summed E-state index contributed by atoms with van der Waals surface area (Å²) >= 11 is 1.87. The number of hydrogen-bond acceptors (Lipinski definition) is 3. The van der Waals surface area contributed by atoms with Gasteiger partial charge in [0, 0.05) is 22.9 Å². The van der Waals surface area contributed by atoms with Gasteiger partial charge in [0.15, 0.2) is 0 Å². The van der Waals surface area contributed by atoms with Gasteiger partial charge in [0.25, 0.3) is 0 Å². The maximum atomic E-state index is 5.43. The summed E-state index contributed by atoms with van der Waals surface area (Å²) in [5.74, 6) is 0. The van der Waals surface area contributed by atoms with Crippen LogP contribution in [-0.4, -0.2) is 13.2 Å². The van der Waals surface area contributed by atoms with Gasteiger partial charge < -0.3 is 10.1 Å². The van der Waals surface area contributed by atoms with Crippen LogP contribution >= 0.6 is 11.3 Å². The van der Waals surface area contributed by atoms with Crippen molar-refractivity contribution >= 4 is 11.3 Å². The standard InChI is InChI=1S/C12H21NOS/c1-4-6-13-8-12-7-11(9-14-5-2)10(3)15-12/h7,13H,4-6,8-9H2,1-3H3. The number of thiophene rings is 1. The van der Waals surface area contributed by atoms with Gasteiger partial charge in [0.1, 0.15) is 0 Å². The highest BCUT2D eigenvalue weighted by Gasteiger charge is 2.04. The van der Waals surface area contributed by atoms with Crippen molar-refractivity contribution in [3.63, 3.8) is 0 Å². The fourth-order valence-corrected chi connectivity index (χ4v) is 2.44. The summed E-state index contributed by atoms with van der Waals surface area (Å²) in [6.07, 6.45) is 1.19. The normalized spacial score (nSPS) is 10.9. The van der Waals surface area contributed by atoms with E-state index in [0.29, 0.717) is 0 Å². The van der Waals surface area contributed by atoms with Crippen molar-refractivity contribution in [1.82, 2.24) is 5.32 Å². The number of rotatable bonds is 7. The van der Waals surface area contributed by atoms with Crippen molar-refractivity contribution < 1.29 is 4.74 Å². The Kier molecular flexibility index (Phi) is 5.91. The number of ether oxygens (including phenoxy) is 1. The van der Waals surface area contributed by atoms with E-state index < -0.39 is 0 Å². The molecule has 1 rings (SSSR count). The molecule has 3 heteroatoms. The Labute approximate surface area is 96.7 Å². The molecule has 86 valence electrons. The third-order valence-electron chi connectivity index (χ3n) is 2.26. The summed E-state index contributed by atoms with van der Waals surface area (Å²) in [6, 6.07) is 2.26. The molecular weight excluding hydrogens is 206 g/mol. The summed E-state index contributed by atoms with van der Waals surface area (Å²) in [6.45, 7) is 10.0. The van der Waals surface area contributed by atoms with Crippen molar-refractivity contribution in [2.45, 2.75) is 40.3 Å². The molecular formula is C12H21NOS. The fraction of sp³-hybridized carbons (Fsp3) is 0.667. The van der Waals surface area contributed by atoms with E-state index in [4.69, 9.17) is 4.74 Å². The predicted octanol–water partition coefficient (Wildman–Crippen LogP) is 3.09. The number of aryl methyl sites for hydroxylation is 1. The van der Waals surface area contributed by atoms with Crippen LogP contribution in [0.2, 0.25) is 0 Å². The molecule has 0 unspecified atom stereocenters. The second-order valence-corrected chi connectivity index (χ2v) is 4.95. The first-order valence-corrected chi connectivity index (χ1v) is 6.46. The third kappa shape index (κ3) is 4.33. The molecule has 1 heterocycles. The van der Waals surface area contributed by atoms with Crippen molar-refractivity contribution in [3.05, 3.63) is 21.4 Å². The lowest BCUT2D eigenvalue weighted by Gasteiger charge is -1.99. The molecule has 0 bridgehead atoms. The molecule has 1 aromatic rings. The highest BCUT2D eigenvalue weighted by molar-refractivity contribution is 7.12. The first-order valence-electron chi connectivity index (χ1n) is 5.64. The minimum Gasteiger partial charge on any atom is -0.377 e. The monoisotopic (exact) mass is 227 g/mol. The van der Waals surface area contributed by atoms with E-state index in [2.05, 4.69) is 25.2 Å². The van der Waals surface area contributed by atoms with Gasteiger partial charge in [0.2, 0.25) is 0 Å². The molecule has 0 aliphatic carbocycles. The second kappa shape index (κ2) is 6.99. The van der Waals surface area contributed by atoms with Gasteiger partial charge in [-0.25, -0.2) is 0 Å². The Morgan fingerprint density at radius 3 is 2.87 bits per heavy atom. The summed E-state index contributed by atoms with van der Waals surface area (Å²) in [4.78, 5) is 2.80. The van der Waals surface area contributed by atoms with Crippen LogP contribution in [0.15, 0.2) is 6.07 Å². The van der Waals surface area contributed by atoms with Crippen LogP contribution in [0.4, 0.5) is 0 Å². The van der Waals surface area contributed by atoms with E-state index in [1.807, 2.05) is 18.3 Å². The smallest absolute Gasteiger partial charge is 0.0727 e. The molecule has 0 radical (unpaired) electrons. The Morgan fingerprint density at radius 1 is 1.40 bits per heavy atom. The average molecular weight is 227 g/mol. The van der Waals surface area contributed by atoms with Gasteiger partial charge in [-0.1, -0.05) is 6.92 Å². The first kappa shape index (κ1) is 12.7. The lowest BCUT2D eigenvalue weighted by atomic mass is 10.2. The van der Waals surface area contributed by atoms with Gasteiger partial charge in [-0.3, -0.25) is 0 Å². The Hall–Kier alpha value is -0.380. The molecule has 0 spiro atoms. The summed E-state index contributed by atoms with van der Waals surface area (Å²) in [5, 5.41) is 3.42. The van der Waals surface area contributed by atoms with Crippen LogP contribution in [-0.2, 0) is 17.9 Å². The maximum absolute atomic E-state index is 5.43. The Bertz CT molecular complexity index is 283. The lowest BCUT2D eigenvalue weighted by Crippen LogP contribution is -2.12. The van der Waals surface area contributed by atoms with E-state index in [1.54, 1.807) is 0 Å². The minimum atomic E-state index is 0.757. The molecule has 1 aromatic heterocycles. The van der Waals surface area contributed by atoms with E-state index in [1.165, 1.54) is 21.7 Å². The summed E-state index contributed by atoms with van der Waals surface area (Å²) < 4.78 is 5.43. The highest BCUT2D eigenvalue weighted by atomic mass is 32.1. The van der Waals surface area contributed by atoms with Crippen molar-refractivity contribution in [2.75, 3.05) is 13.2 Å². The van der Waals surface area contributed by atoms with Crippen LogP contribution in [0.1, 0.15) is 35.6 Å². The summed E-state index contributed by atoms with van der Waals surface area (Å²) in [7, 11) is 0. The Balaban J connectivity index is 2.45. The second-order valence-electron chi connectivity index (χ2n) is 3.61. The van der Waals surface area contributed by atoms with E-state index in [-0.39, 0.29) is 0 Å². The quantitative estimate of drug-likeness (QED) is 0.723. The predicted molar refractivity (Wildman–Crippen MR) is 66.4 cm³/mol. The molecule has 15 heavy (non-hydrogen) atoms. The topological polar surface area (TPSA) is 21.3 Å². The Morgan fingerprint density at radius 2 is 2.20 bits per heavy atom. The minimum absolute atomic E-state index is 0.757. The molecule has 1 N–H and O–H groups in total. The van der Waals surface area contributed by atoms with Gasteiger partial charge in [-0.2, -0.15) is 0 Å². The highest BCUT2D eigenvalue weighted by Crippen LogP contribution is 2.22. The zero-order valence-corrected chi connectivity index (χ0v) is 10.7. The summed E-state index contributed by atoms with van der Waals surface area (Å²) in [5.41, 5.74) is 1.34. The zero-order chi connectivity index (χ0) is 11.1. The van der Waals surface area contributed by atoms with E-state index in [9.17, 15) is 0 Å². The maximum Gasteiger partial charge on any atom is 0.0727 e. The third-order valence-corrected chi connectivity index (χ3v) is 3.35. The average Bonchev–Trinajstić information content (AvgIpc) is 2.57. The van der Waals surface area contributed by atoms with Crippen LogP contribution in [0.5, 0.6) is 0 Å². The fourth-order valence-electron chi connectivity index (χ4n) is 1.42. The van der Waals surface area contributed by atoms with E-state index >= 15 is 0 Å². The molecule has 0 atom stereocenters. The van der Waals surface area contributed by atoms with Gasteiger partial charge in [0.05, 0.1) is 6.61 Å². The molecule has 0 saturated heterocycles. The molecule has 2 nitrogen and oxygen atoms in total. The molecule has 0 aliphatic rings. The lowest BCUT2D eigenvalue weighted by molar-refractivity contribution is 0.134. The number of nitrogens with one attached hydrogen (secondary N) is 1. The van der Waals surface area contributed by atoms with Gasteiger partial charge >= 0.3 is 0 Å². The zero-order valence-electron chi connectivity index (χ0n) is 9.93. The van der Waals surface area contributed by atoms with Crippen LogP contribution in [0, 0.1) is 6.92 Å². The molecule has 0 aliphatic heterocycles. The molecule has 0 aromatic carbocycles. The SMILES string of the molecule is CCCNCc1cc(COCC)c(C)s1. The van der Waals surface area contributed by atoms with Gasteiger partial charge in [-0.15, -0.1) is 11.3 Å². The molecule has 0 amide bonds. The van der Waals surface area contributed by atoms with Crippen molar-refractivity contribution in [1.29, 1.82) is 0 Å². The van der Waals surface area contributed by atoms with Gasteiger partial charge in [-0.05, 0) is 38.4 Å². The van der Waals surface area contributed by atoms with E-state index in [0.717, 1.165) is 26.3 Å². The van der Waals surface area contributed by atoms with Crippen molar-refractivity contribution in [3.8, 4) is 0 Å².